The summed E-state index contributed by atoms with van der Waals surface area (Å²) in [5.74, 6) is -0.509. The molecule has 0 spiro atoms. The van der Waals surface area contributed by atoms with Crippen LogP contribution in [0.25, 0.3) is 0 Å². The maximum absolute atomic E-state index is 11.9. The first-order chi connectivity index (χ1) is 4.04. The summed E-state index contributed by atoms with van der Waals surface area (Å²) in [4.78, 5) is 10.6. The van der Waals surface area contributed by atoms with Gasteiger partial charge in [-0.05, 0) is 13.8 Å². The van der Waals surface area contributed by atoms with Crippen LogP contribution in [-0.4, -0.2) is 19.8 Å². The van der Waals surface area contributed by atoms with Crippen molar-refractivity contribution in [2.75, 3.05) is 13.8 Å². The predicted octanol–water partition coefficient (Wildman–Crippen LogP) is 1.16. The van der Waals surface area contributed by atoms with Crippen molar-refractivity contribution in [2.24, 2.45) is 5.41 Å². The van der Waals surface area contributed by atoms with Crippen molar-refractivity contribution < 1.29 is 13.9 Å². The molecule has 0 aromatic rings. The lowest BCUT2D eigenvalue weighted by molar-refractivity contribution is -0.151. The van der Waals surface area contributed by atoms with Gasteiger partial charge in [0.25, 0.3) is 0 Å². The first kappa shape index (κ1) is 8.40. The van der Waals surface area contributed by atoms with Gasteiger partial charge in [-0.3, -0.25) is 4.79 Å². The first-order valence-corrected chi connectivity index (χ1v) is 2.69. The molecule has 0 saturated carbocycles. The molecule has 0 heterocycles. The predicted molar refractivity (Wildman–Crippen MR) is 31.8 cm³/mol. The number of alkyl halides is 1. The van der Waals surface area contributed by atoms with Crippen LogP contribution in [0, 0.1) is 5.41 Å². The van der Waals surface area contributed by atoms with Crippen molar-refractivity contribution in [3.63, 3.8) is 0 Å². The summed E-state index contributed by atoms with van der Waals surface area (Å²) < 4.78 is 16.2. The van der Waals surface area contributed by atoms with Crippen LogP contribution >= 0.6 is 0 Å². The zero-order valence-corrected chi connectivity index (χ0v) is 5.90. The summed E-state index contributed by atoms with van der Waals surface area (Å²) in [6, 6.07) is 0. The molecule has 0 amide bonds. The van der Waals surface area contributed by atoms with E-state index in [2.05, 4.69) is 4.74 Å². The summed E-state index contributed by atoms with van der Waals surface area (Å²) in [7, 11) is 1.25. The second-order valence-electron chi connectivity index (χ2n) is 2.51. The standard InChI is InChI=1S/C6H11FO2/c1-6(2,4-7)5(8)9-3/h4H2,1-3H3/i7-1. The summed E-state index contributed by atoms with van der Waals surface area (Å²) >= 11 is 0. The first-order valence-electron chi connectivity index (χ1n) is 2.69. The van der Waals surface area contributed by atoms with Gasteiger partial charge in [-0.2, -0.15) is 0 Å². The van der Waals surface area contributed by atoms with Gasteiger partial charge in [-0.1, -0.05) is 0 Å². The molecule has 0 aliphatic rings. The molecule has 0 rings (SSSR count). The highest BCUT2D eigenvalue weighted by Gasteiger charge is 2.28. The zero-order chi connectivity index (χ0) is 7.49. The average Bonchev–Trinajstić information content (AvgIpc) is 1.86. The van der Waals surface area contributed by atoms with Crippen LogP contribution in [0.3, 0.4) is 0 Å². The van der Waals surface area contributed by atoms with E-state index in [1.807, 2.05) is 0 Å². The molecule has 0 bridgehead atoms. The molecule has 0 aromatic heterocycles. The third kappa shape index (κ3) is 2.00. The van der Waals surface area contributed by atoms with Gasteiger partial charge in [0.15, 0.2) is 0 Å². The molecule has 0 unspecified atom stereocenters. The molecule has 2 nitrogen and oxygen atoms in total. The Morgan fingerprint density at radius 3 is 2.22 bits per heavy atom. The monoisotopic (exact) mass is 133 g/mol. The van der Waals surface area contributed by atoms with Gasteiger partial charge >= 0.3 is 5.97 Å². The number of hydrogen-bond acceptors (Lipinski definition) is 2. The van der Waals surface area contributed by atoms with Crippen LogP contribution in [0.4, 0.5) is 4.39 Å². The Labute approximate surface area is 54.0 Å². The summed E-state index contributed by atoms with van der Waals surface area (Å²) in [5, 5.41) is 0. The number of esters is 1. The lowest BCUT2D eigenvalue weighted by Gasteiger charge is -2.15. The fourth-order valence-corrected chi connectivity index (χ4v) is 0.331. The molecule has 0 radical (unpaired) electrons. The van der Waals surface area contributed by atoms with Crippen molar-refractivity contribution in [1.29, 1.82) is 0 Å². The molecule has 9 heavy (non-hydrogen) atoms. The Balaban J connectivity index is 3.97. The van der Waals surface area contributed by atoms with Crippen molar-refractivity contribution in [3.8, 4) is 0 Å². The second-order valence-corrected chi connectivity index (χ2v) is 2.51. The minimum absolute atomic E-state index is 0.509. The molecule has 0 saturated heterocycles. The second kappa shape index (κ2) is 2.80. The fourth-order valence-electron chi connectivity index (χ4n) is 0.331. The van der Waals surface area contributed by atoms with Gasteiger partial charge in [0.1, 0.15) is 6.67 Å². The largest absolute Gasteiger partial charge is 0.469 e. The maximum atomic E-state index is 11.9. The number of hydrogen-bond donors (Lipinski definition) is 0. The van der Waals surface area contributed by atoms with Crippen LogP contribution in [-0.2, 0) is 9.53 Å². The van der Waals surface area contributed by atoms with E-state index in [0.29, 0.717) is 0 Å². The lowest BCUT2D eigenvalue weighted by atomic mass is 9.96. The van der Waals surface area contributed by atoms with Crippen molar-refractivity contribution in [3.05, 3.63) is 0 Å². The molecule has 0 aliphatic carbocycles. The maximum Gasteiger partial charge on any atom is 0.313 e. The molecule has 0 aromatic carbocycles. The number of carbonyl (C=O) groups is 1. The minimum Gasteiger partial charge on any atom is -0.469 e. The van der Waals surface area contributed by atoms with E-state index in [4.69, 9.17) is 0 Å². The smallest absolute Gasteiger partial charge is 0.313 e. The SMILES string of the molecule is COC(=O)C(C)(C)C[18F]. The van der Waals surface area contributed by atoms with Crippen LogP contribution in [0.5, 0.6) is 0 Å². The summed E-state index contributed by atoms with van der Waals surface area (Å²) in [6.45, 7) is 2.32. The number of halogens is 1. The van der Waals surface area contributed by atoms with E-state index < -0.39 is 18.1 Å². The molecular formula is C6H11FO2. The van der Waals surface area contributed by atoms with E-state index in [9.17, 15) is 9.18 Å². The van der Waals surface area contributed by atoms with Crippen molar-refractivity contribution >= 4 is 5.97 Å². The van der Waals surface area contributed by atoms with Gasteiger partial charge in [-0.15, -0.1) is 0 Å². The van der Waals surface area contributed by atoms with Crippen LogP contribution < -0.4 is 0 Å². The molecule has 0 fully saturated rings. The molecule has 3 heteroatoms. The molecule has 0 aliphatic heterocycles. The molecule has 54 valence electrons. The van der Waals surface area contributed by atoms with Gasteiger partial charge in [0.05, 0.1) is 12.5 Å². The number of ether oxygens (including phenoxy) is 1. The van der Waals surface area contributed by atoms with Gasteiger partial charge in [0, 0.05) is 0 Å². The molecule has 0 N–H and O–H groups in total. The normalized spacial score (nSPS) is 11.1. The van der Waals surface area contributed by atoms with Gasteiger partial charge < -0.3 is 4.74 Å². The molecular weight excluding hydrogens is 122 g/mol. The van der Waals surface area contributed by atoms with Gasteiger partial charge in [-0.25, -0.2) is 4.39 Å². The topological polar surface area (TPSA) is 26.3 Å². The minimum atomic E-state index is -0.977. The Morgan fingerprint density at radius 1 is 1.67 bits per heavy atom. The summed E-state index contributed by atoms with van der Waals surface area (Å²) in [5.41, 5.74) is -0.977. The highest BCUT2D eigenvalue weighted by Crippen LogP contribution is 2.16. The highest BCUT2D eigenvalue weighted by molar-refractivity contribution is 5.75. The van der Waals surface area contributed by atoms with E-state index >= 15 is 0 Å². The Kier molecular flexibility index (Phi) is 2.62. The van der Waals surface area contributed by atoms with E-state index in [0.717, 1.165) is 0 Å². The average molecular weight is 133 g/mol. The Bertz CT molecular complexity index is 110. The number of rotatable bonds is 2. The Morgan fingerprint density at radius 2 is 2.11 bits per heavy atom. The third-order valence-corrected chi connectivity index (χ3v) is 1.07. The fraction of sp³-hybridized carbons (Fsp3) is 0.833. The number of carbonyl (C=O) groups excluding carboxylic acids is 1. The lowest BCUT2D eigenvalue weighted by Crippen LogP contribution is -2.27. The van der Waals surface area contributed by atoms with E-state index in [1.54, 1.807) is 0 Å². The summed E-state index contributed by atoms with van der Waals surface area (Å²) in [6.07, 6.45) is 0. The van der Waals surface area contributed by atoms with Crippen LogP contribution in [0.15, 0.2) is 0 Å². The van der Waals surface area contributed by atoms with Crippen LogP contribution in [0.2, 0.25) is 0 Å². The zero-order valence-electron chi connectivity index (χ0n) is 5.90. The van der Waals surface area contributed by atoms with E-state index in [-0.39, 0.29) is 0 Å². The van der Waals surface area contributed by atoms with Gasteiger partial charge in [0.2, 0.25) is 0 Å². The number of methoxy groups -OCH3 is 1. The van der Waals surface area contributed by atoms with E-state index in [1.165, 1.54) is 21.0 Å². The van der Waals surface area contributed by atoms with Crippen molar-refractivity contribution in [1.82, 2.24) is 0 Å². The van der Waals surface area contributed by atoms with Crippen LogP contribution in [0.1, 0.15) is 13.8 Å². The Hall–Kier alpha value is -0.600. The molecule has 0 atom stereocenters. The van der Waals surface area contributed by atoms with Crippen molar-refractivity contribution in [2.45, 2.75) is 13.8 Å². The quantitative estimate of drug-likeness (QED) is 0.528. The third-order valence-electron chi connectivity index (χ3n) is 1.07. The highest BCUT2D eigenvalue weighted by atomic mass is 18.2.